The first-order chi connectivity index (χ1) is 7.61. The fourth-order valence-corrected chi connectivity index (χ4v) is 4.48. The fraction of sp³-hybridized carbons (Fsp3) is 0.600. The molecule has 1 aromatic carbocycles. The molecule has 1 aromatic rings. The standard InChI is InChI=1S/C15H21N/c1-11-5-4-6-12(2)13(11)15-7-14(8-15,9-15)10-16-3/h4-6,16H,7-10H2,1-3H3. The molecule has 4 rings (SSSR count). The maximum Gasteiger partial charge on any atom is 0.000577 e. The third-order valence-corrected chi connectivity index (χ3v) is 4.70. The second kappa shape index (κ2) is 3.10. The van der Waals surface area contributed by atoms with E-state index in [2.05, 4.69) is 44.4 Å². The van der Waals surface area contributed by atoms with E-state index in [4.69, 9.17) is 0 Å². The molecule has 0 aromatic heterocycles. The molecule has 0 atom stereocenters. The third-order valence-electron chi connectivity index (χ3n) is 4.70. The van der Waals surface area contributed by atoms with Gasteiger partial charge in [0.15, 0.2) is 0 Å². The van der Waals surface area contributed by atoms with Crippen molar-refractivity contribution < 1.29 is 0 Å². The van der Waals surface area contributed by atoms with Gasteiger partial charge in [-0.3, -0.25) is 0 Å². The summed E-state index contributed by atoms with van der Waals surface area (Å²) in [5.41, 5.74) is 5.87. The number of aryl methyl sites for hydroxylation is 2. The summed E-state index contributed by atoms with van der Waals surface area (Å²) >= 11 is 0. The van der Waals surface area contributed by atoms with Gasteiger partial charge in [-0.2, -0.15) is 0 Å². The predicted molar refractivity (Wildman–Crippen MR) is 67.8 cm³/mol. The fourth-order valence-electron chi connectivity index (χ4n) is 4.48. The molecule has 3 aliphatic carbocycles. The van der Waals surface area contributed by atoms with E-state index in [0.717, 1.165) is 0 Å². The first kappa shape index (κ1) is 10.3. The number of nitrogens with one attached hydrogen (secondary N) is 1. The Hall–Kier alpha value is -0.820. The average Bonchev–Trinajstić information content (AvgIpc) is 2.11. The van der Waals surface area contributed by atoms with Crippen LogP contribution in [-0.4, -0.2) is 13.6 Å². The van der Waals surface area contributed by atoms with Crippen LogP contribution in [0.1, 0.15) is 36.0 Å². The molecule has 86 valence electrons. The number of rotatable bonds is 3. The summed E-state index contributed by atoms with van der Waals surface area (Å²) in [6.07, 6.45) is 4.23. The minimum absolute atomic E-state index is 0.562. The summed E-state index contributed by atoms with van der Waals surface area (Å²) in [4.78, 5) is 0. The van der Waals surface area contributed by atoms with E-state index in [-0.39, 0.29) is 0 Å². The van der Waals surface area contributed by atoms with Gasteiger partial charge >= 0.3 is 0 Å². The lowest BCUT2D eigenvalue weighted by Crippen LogP contribution is -2.67. The van der Waals surface area contributed by atoms with Gasteiger partial charge in [-0.25, -0.2) is 0 Å². The lowest BCUT2D eigenvalue weighted by Gasteiger charge is -2.72. The van der Waals surface area contributed by atoms with Crippen LogP contribution < -0.4 is 5.32 Å². The molecule has 3 saturated carbocycles. The Morgan fingerprint density at radius 1 is 1.12 bits per heavy atom. The van der Waals surface area contributed by atoms with Gasteiger partial charge in [-0.05, 0) is 67.7 Å². The van der Waals surface area contributed by atoms with E-state index in [1.54, 1.807) is 5.56 Å². The highest BCUT2D eigenvalue weighted by atomic mass is 14.9. The lowest BCUT2D eigenvalue weighted by atomic mass is 9.33. The first-order valence-corrected chi connectivity index (χ1v) is 6.32. The van der Waals surface area contributed by atoms with E-state index in [1.165, 1.54) is 36.9 Å². The molecule has 1 nitrogen and oxygen atoms in total. The zero-order chi connectivity index (χ0) is 11.4. The smallest absolute Gasteiger partial charge is 0.000577 e. The van der Waals surface area contributed by atoms with Gasteiger partial charge < -0.3 is 5.32 Å². The molecule has 0 amide bonds. The second-order valence-electron chi connectivity index (χ2n) is 6.11. The zero-order valence-corrected chi connectivity index (χ0v) is 10.6. The van der Waals surface area contributed by atoms with Crippen LogP contribution in [0.15, 0.2) is 18.2 Å². The Labute approximate surface area is 98.3 Å². The molecule has 0 unspecified atom stereocenters. The van der Waals surface area contributed by atoms with Crippen LogP contribution in [0, 0.1) is 19.3 Å². The van der Waals surface area contributed by atoms with Crippen molar-refractivity contribution in [1.29, 1.82) is 0 Å². The highest BCUT2D eigenvalue weighted by molar-refractivity contribution is 5.47. The van der Waals surface area contributed by atoms with Gasteiger partial charge in [0.2, 0.25) is 0 Å². The number of hydrogen-bond donors (Lipinski definition) is 1. The van der Waals surface area contributed by atoms with Gasteiger partial charge in [0.25, 0.3) is 0 Å². The Kier molecular flexibility index (Phi) is 2.00. The maximum atomic E-state index is 3.35. The van der Waals surface area contributed by atoms with Crippen LogP contribution in [0.2, 0.25) is 0 Å². The Balaban J connectivity index is 1.87. The second-order valence-corrected chi connectivity index (χ2v) is 6.11. The molecule has 16 heavy (non-hydrogen) atoms. The maximum absolute atomic E-state index is 3.35. The van der Waals surface area contributed by atoms with Crippen LogP contribution in [0.3, 0.4) is 0 Å². The molecule has 3 fully saturated rings. The third kappa shape index (κ3) is 1.15. The summed E-state index contributed by atoms with van der Waals surface area (Å²) in [7, 11) is 2.08. The molecular formula is C15H21N. The van der Waals surface area contributed by atoms with Crippen LogP contribution in [0.25, 0.3) is 0 Å². The average molecular weight is 215 g/mol. The first-order valence-electron chi connectivity index (χ1n) is 6.32. The predicted octanol–water partition coefficient (Wildman–Crippen LogP) is 2.94. The molecule has 1 heteroatoms. The van der Waals surface area contributed by atoms with Crippen LogP contribution >= 0.6 is 0 Å². The SMILES string of the molecule is CNCC12CC(c3c(C)cccc3C)(C1)C2. The van der Waals surface area contributed by atoms with E-state index in [0.29, 0.717) is 10.8 Å². The van der Waals surface area contributed by atoms with Crippen molar-refractivity contribution in [3.8, 4) is 0 Å². The van der Waals surface area contributed by atoms with Crippen LogP contribution in [-0.2, 0) is 5.41 Å². The summed E-state index contributed by atoms with van der Waals surface area (Å²) in [6, 6.07) is 6.73. The molecule has 0 radical (unpaired) electrons. The van der Waals surface area contributed by atoms with Gasteiger partial charge in [-0.1, -0.05) is 18.2 Å². The molecule has 0 saturated heterocycles. The van der Waals surface area contributed by atoms with Gasteiger partial charge in [0.1, 0.15) is 0 Å². The Bertz CT molecular complexity index is 393. The monoisotopic (exact) mass is 215 g/mol. The normalized spacial score (nSPS) is 35.4. The summed E-state index contributed by atoms with van der Waals surface area (Å²) in [5, 5.41) is 3.35. The highest BCUT2D eigenvalue weighted by Gasteiger charge is 2.68. The van der Waals surface area contributed by atoms with Gasteiger partial charge in [0.05, 0.1) is 0 Å². The Morgan fingerprint density at radius 2 is 1.69 bits per heavy atom. The molecule has 1 N–H and O–H groups in total. The number of benzene rings is 1. The minimum atomic E-state index is 0.562. The van der Waals surface area contributed by atoms with Crippen molar-refractivity contribution in [2.75, 3.05) is 13.6 Å². The van der Waals surface area contributed by atoms with Crippen molar-refractivity contribution in [1.82, 2.24) is 5.32 Å². The molecule has 0 heterocycles. The number of hydrogen-bond acceptors (Lipinski definition) is 1. The quantitative estimate of drug-likeness (QED) is 0.817. The molecule has 0 aliphatic heterocycles. The van der Waals surface area contributed by atoms with Crippen molar-refractivity contribution in [2.24, 2.45) is 5.41 Å². The zero-order valence-electron chi connectivity index (χ0n) is 10.6. The van der Waals surface area contributed by atoms with Gasteiger partial charge in [0, 0.05) is 6.54 Å². The summed E-state index contributed by atoms with van der Waals surface area (Å²) in [6.45, 7) is 5.75. The molecule has 0 spiro atoms. The van der Waals surface area contributed by atoms with E-state index in [9.17, 15) is 0 Å². The van der Waals surface area contributed by atoms with E-state index in [1.807, 2.05) is 0 Å². The lowest BCUT2D eigenvalue weighted by molar-refractivity contribution is -0.137. The van der Waals surface area contributed by atoms with Crippen LogP contribution in [0.4, 0.5) is 0 Å². The largest absolute Gasteiger partial charge is 0.319 e. The van der Waals surface area contributed by atoms with Crippen molar-refractivity contribution >= 4 is 0 Å². The topological polar surface area (TPSA) is 12.0 Å². The summed E-state index contributed by atoms with van der Waals surface area (Å²) in [5.74, 6) is 0. The molecule has 3 aliphatic rings. The minimum Gasteiger partial charge on any atom is -0.319 e. The van der Waals surface area contributed by atoms with Crippen molar-refractivity contribution in [3.05, 3.63) is 34.9 Å². The van der Waals surface area contributed by atoms with Crippen LogP contribution in [0.5, 0.6) is 0 Å². The highest BCUT2D eigenvalue weighted by Crippen LogP contribution is 2.73. The van der Waals surface area contributed by atoms with E-state index < -0.39 is 0 Å². The Morgan fingerprint density at radius 3 is 2.19 bits per heavy atom. The molecular weight excluding hydrogens is 194 g/mol. The summed E-state index contributed by atoms with van der Waals surface area (Å²) < 4.78 is 0. The van der Waals surface area contributed by atoms with Gasteiger partial charge in [-0.15, -0.1) is 0 Å². The van der Waals surface area contributed by atoms with Crippen molar-refractivity contribution in [3.63, 3.8) is 0 Å². The molecule has 2 bridgehead atoms. The van der Waals surface area contributed by atoms with Crippen molar-refractivity contribution in [2.45, 2.75) is 38.5 Å². The van der Waals surface area contributed by atoms with E-state index >= 15 is 0 Å².